The first-order valence-electron chi connectivity index (χ1n) is 19.9. The Hall–Kier alpha value is -3.27. The molecule has 4 nitrogen and oxygen atoms in total. The smallest absolute Gasteiger partial charge is 0.338 e. The van der Waals surface area contributed by atoms with E-state index in [0.717, 1.165) is 66.9 Å². The molecule has 0 heterocycles. The first-order valence-corrected chi connectivity index (χ1v) is 19.9. The van der Waals surface area contributed by atoms with E-state index < -0.39 is 0 Å². The Labute approximate surface area is 299 Å². The first-order chi connectivity index (χ1) is 24.1. The molecule has 270 valence electrons. The number of hydrogen-bond donors (Lipinski definition) is 0. The van der Waals surface area contributed by atoms with Crippen molar-refractivity contribution in [3.05, 3.63) is 83.9 Å². The van der Waals surface area contributed by atoms with Gasteiger partial charge in [-0.05, 0) is 85.2 Å². The minimum absolute atomic E-state index is 0.0111. The molecule has 0 radical (unpaired) electrons. The summed E-state index contributed by atoms with van der Waals surface area (Å²) >= 11 is 0. The highest BCUT2D eigenvalue weighted by atomic mass is 16.5. The van der Waals surface area contributed by atoms with Gasteiger partial charge in [0.2, 0.25) is 0 Å². The van der Waals surface area contributed by atoms with Crippen LogP contribution in [0.3, 0.4) is 0 Å². The van der Waals surface area contributed by atoms with Crippen molar-refractivity contribution in [1.29, 1.82) is 0 Å². The predicted molar refractivity (Wildman–Crippen MR) is 207 cm³/mol. The van der Waals surface area contributed by atoms with Crippen LogP contribution in [0.2, 0.25) is 0 Å². The zero-order chi connectivity index (χ0) is 34.8. The third kappa shape index (κ3) is 17.3. The van der Waals surface area contributed by atoms with Gasteiger partial charge in [0.15, 0.2) is 0 Å². The van der Waals surface area contributed by atoms with Gasteiger partial charge < -0.3 is 14.2 Å². The molecule has 3 aromatic carbocycles. The Kier molecular flexibility index (Phi) is 21.0. The van der Waals surface area contributed by atoms with Crippen LogP contribution in [-0.2, 0) is 11.3 Å². The molecule has 0 unspecified atom stereocenters. The molecule has 0 aliphatic heterocycles. The number of unbranched alkanes of at least 4 members (excludes halogenated alkanes) is 15. The van der Waals surface area contributed by atoms with Crippen molar-refractivity contribution in [2.45, 2.75) is 162 Å². The second kappa shape index (κ2) is 25.7. The Morgan fingerprint density at radius 2 is 0.918 bits per heavy atom. The quantitative estimate of drug-likeness (QED) is 0.0570. The summed E-state index contributed by atoms with van der Waals surface area (Å²) in [6.07, 6.45) is 24.6. The summed E-state index contributed by atoms with van der Waals surface area (Å²) < 4.78 is 18.1. The maximum absolute atomic E-state index is 13.1. The molecule has 49 heavy (non-hydrogen) atoms. The van der Waals surface area contributed by atoms with Crippen LogP contribution in [0.15, 0.2) is 72.8 Å². The normalized spacial score (nSPS) is 11.2. The fourth-order valence-electron chi connectivity index (χ4n) is 6.25. The zero-order valence-corrected chi connectivity index (χ0v) is 31.2. The van der Waals surface area contributed by atoms with Crippen LogP contribution < -0.4 is 9.47 Å². The van der Waals surface area contributed by atoms with E-state index in [0.29, 0.717) is 12.2 Å². The average molecular weight is 671 g/mol. The van der Waals surface area contributed by atoms with Gasteiger partial charge >= 0.3 is 5.97 Å². The Morgan fingerprint density at radius 1 is 0.490 bits per heavy atom. The summed E-state index contributed by atoms with van der Waals surface area (Å²) in [5, 5.41) is 0. The van der Waals surface area contributed by atoms with E-state index in [2.05, 4.69) is 57.2 Å². The third-order valence-electron chi connectivity index (χ3n) is 9.44. The van der Waals surface area contributed by atoms with Gasteiger partial charge in [0, 0.05) is 0 Å². The fraction of sp³-hybridized carbons (Fsp3) is 0.578. The maximum Gasteiger partial charge on any atom is 0.338 e. The van der Waals surface area contributed by atoms with E-state index in [1.807, 2.05) is 36.4 Å². The highest BCUT2D eigenvalue weighted by molar-refractivity contribution is 5.89. The lowest BCUT2D eigenvalue weighted by Crippen LogP contribution is -2.18. The molecule has 0 atom stereocenters. The molecule has 0 aromatic heterocycles. The van der Waals surface area contributed by atoms with Gasteiger partial charge in [-0.3, -0.25) is 0 Å². The maximum atomic E-state index is 13.1. The van der Waals surface area contributed by atoms with Gasteiger partial charge in [0.1, 0.15) is 24.2 Å². The molecule has 3 aromatic rings. The predicted octanol–water partition coefficient (Wildman–Crippen LogP) is 13.7. The van der Waals surface area contributed by atoms with E-state index >= 15 is 0 Å². The second-order valence-electron chi connectivity index (χ2n) is 13.8. The van der Waals surface area contributed by atoms with Crippen molar-refractivity contribution in [3.63, 3.8) is 0 Å². The number of ether oxygens (including phenoxy) is 3. The molecule has 3 rings (SSSR count). The first kappa shape index (κ1) is 40.2. The lowest BCUT2D eigenvalue weighted by atomic mass is 10.0. The van der Waals surface area contributed by atoms with Crippen LogP contribution in [0.5, 0.6) is 11.5 Å². The molecular weight excluding hydrogens is 604 g/mol. The molecule has 0 aliphatic rings. The molecule has 0 amide bonds. The lowest BCUT2D eigenvalue weighted by Gasteiger charge is -2.18. The second-order valence-corrected chi connectivity index (χ2v) is 13.8. The van der Waals surface area contributed by atoms with Gasteiger partial charge in [-0.1, -0.05) is 153 Å². The molecule has 0 fully saturated rings. The van der Waals surface area contributed by atoms with E-state index in [4.69, 9.17) is 14.2 Å². The molecule has 0 saturated heterocycles. The standard InChI is InChI=1S/C45H66O4/c1-4-7-10-13-16-19-22-44(23-20-17-14-11-8-5-2)49-45(46)41-26-24-38(25-27-41)37-48-43-34-30-40(31-35-43)39-28-32-42(33-29-39)47-36-21-18-15-12-9-6-3/h24-35,44H,4-23,36-37H2,1-3H3. The molecule has 0 saturated carbocycles. The minimum Gasteiger partial charge on any atom is -0.494 e. The van der Waals surface area contributed by atoms with E-state index in [-0.39, 0.29) is 12.1 Å². The topological polar surface area (TPSA) is 44.8 Å². The summed E-state index contributed by atoms with van der Waals surface area (Å²) in [6, 6.07) is 24.2. The zero-order valence-electron chi connectivity index (χ0n) is 31.2. The fourth-order valence-corrected chi connectivity index (χ4v) is 6.25. The number of carbonyl (C=O) groups is 1. The van der Waals surface area contributed by atoms with Crippen molar-refractivity contribution in [3.8, 4) is 22.6 Å². The highest BCUT2D eigenvalue weighted by Crippen LogP contribution is 2.26. The van der Waals surface area contributed by atoms with Crippen LogP contribution in [0.4, 0.5) is 0 Å². The Morgan fingerprint density at radius 3 is 1.41 bits per heavy atom. The summed E-state index contributed by atoms with van der Waals surface area (Å²) in [7, 11) is 0. The van der Waals surface area contributed by atoms with Gasteiger partial charge in [-0.15, -0.1) is 0 Å². The van der Waals surface area contributed by atoms with E-state index in [1.165, 1.54) is 96.3 Å². The Balaban J connectivity index is 1.42. The van der Waals surface area contributed by atoms with Crippen LogP contribution in [-0.4, -0.2) is 18.7 Å². The van der Waals surface area contributed by atoms with Crippen molar-refractivity contribution < 1.29 is 19.0 Å². The molecule has 4 heteroatoms. The highest BCUT2D eigenvalue weighted by Gasteiger charge is 2.16. The average Bonchev–Trinajstić information content (AvgIpc) is 3.13. The Bertz CT molecular complexity index is 1220. The number of hydrogen-bond acceptors (Lipinski definition) is 4. The minimum atomic E-state index is -0.206. The summed E-state index contributed by atoms with van der Waals surface area (Å²) in [4.78, 5) is 13.1. The molecule has 0 aliphatic carbocycles. The van der Waals surface area contributed by atoms with Crippen molar-refractivity contribution in [2.24, 2.45) is 0 Å². The van der Waals surface area contributed by atoms with Crippen molar-refractivity contribution in [2.75, 3.05) is 6.61 Å². The van der Waals surface area contributed by atoms with E-state index in [9.17, 15) is 4.79 Å². The summed E-state index contributed by atoms with van der Waals surface area (Å²) in [6.45, 7) is 7.98. The van der Waals surface area contributed by atoms with Crippen molar-refractivity contribution in [1.82, 2.24) is 0 Å². The molecular formula is C45H66O4. The largest absolute Gasteiger partial charge is 0.494 e. The van der Waals surface area contributed by atoms with Crippen molar-refractivity contribution >= 4 is 5.97 Å². The number of esters is 1. The molecule has 0 spiro atoms. The third-order valence-corrected chi connectivity index (χ3v) is 9.44. The summed E-state index contributed by atoms with van der Waals surface area (Å²) in [5.41, 5.74) is 3.93. The molecule has 0 bridgehead atoms. The van der Waals surface area contributed by atoms with Gasteiger partial charge in [0.25, 0.3) is 0 Å². The van der Waals surface area contributed by atoms with Crippen LogP contribution in [0.1, 0.15) is 165 Å². The number of benzene rings is 3. The van der Waals surface area contributed by atoms with Crippen LogP contribution in [0, 0.1) is 0 Å². The SMILES string of the molecule is CCCCCCCCOc1ccc(-c2ccc(OCc3ccc(C(=O)OC(CCCCCCCC)CCCCCCCC)cc3)cc2)cc1. The van der Waals surface area contributed by atoms with Gasteiger partial charge in [0.05, 0.1) is 12.2 Å². The monoisotopic (exact) mass is 670 g/mol. The summed E-state index contributed by atoms with van der Waals surface area (Å²) in [5.74, 6) is 1.54. The van der Waals surface area contributed by atoms with Gasteiger partial charge in [-0.25, -0.2) is 4.79 Å². The van der Waals surface area contributed by atoms with Crippen LogP contribution >= 0.6 is 0 Å². The van der Waals surface area contributed by atoms with E-state index in [1.54, 1.807) is 0 Å². The lowest BCUT2D eigenvalue weighted by molar-refractivity contribution is 0.0248. The molecule has 0 N–H and O–H groups in total. The number of rotatable bonds is 28. The number of carbonyl (C=O) groups excluding carboxylic acids is 1. The van der Waals surface area contributed by atoms with Crippen LogP contribution in [0.25, 0.3) is 11.1 Å². The van der Waals surface area contributed by atoms with Gasteiger partial charge in [-0.2, -0.15) is 0 Å².